The number of Topliss-reactive ketones (excluding diaryl/α,β-unsaturated/α-hetero) is 1. The van der Waals surface area contributed by atoms with Crippen molar-refractivity contribution >= 4 is 43.9 Å². The second-order valence-electron chi connectivity index (χ2n) is 4.29. The number of hydrogen-bond acceptors (Lipinski definition) is 3. The summed E-state index contributed by atoms with van der Waals surface area (Å²) in [5, 5.41) is 0.299. The van der Waals surface area contributed by atoms with Gasteiger partial charge in [-0.1, -0.05) is 44.0 Å². The molecule has 0 radical (unpaired) electrons. The molecule has 0 amide bonds. The zero-order chi connectivity index (χ0) is 15.2. The number of aldehydes is 1. The predicted octanol–water partition coefficient (Wildman–Crippen LogP) is 4.69. The van der Waals surface area contributed by atoms with Crippen LogP contribution in [-0.2, 0) is 4.79 Å². The second-order valence-corrected chi connectivity index (χ2v) is 5.84. The van der Waals surface area contributed by atoms with Crippen molar-refractivity contribution in [2.45, 2.75) is 4.83 Å². The van der Waals surface area contributed by atoms with E-state index in [0.29, 0.717) is 22.4 Å². The number of carbonyl (C=O) groups excluding carboxylic acids is 2. The summed E-state index contributed by atoms with van der Waals surface area (Å²) in [6.07, 6.45) is 0.819. The molecule has 1 unspecified atom stereocenters. The predicted molar refractivity (Wildman–Crippen MR) is 88.8 cm³/mol. The van der Waals surface area contributed by atoms with E-state index < -0.39 is 0 Å². The summed E-state index contributed by atoms with van der Waals surface area (Å²) in [7, 11) is 0. The average Bonchev–Trinajstić information content (AvgIpc) is 2.54. The largest absolute Gasteiger partial charge is 0.457 e. The fourth-order valence-electron chi connectivity index (χ4n) is 1.75. The van der Waals surface area contributed by atoms with Crippen LogP contribution in [0.1, 0.15) is 20.7 Å². The van der Waals surface area contributed by atoms with Gasteiger partial charge in [-0.15, -0.1) is 0 Å². The Hall–Kier alpha value is -1.46. The summed E-state index contributed by atoms with van der Waals surface area (Å²) in [6.45, 7) is 0. The number of halogens is 2. The molecule has 0 heterocycles. The van der Waals surface area contributed by atoms with Crippen LogP contribution >= 0.6 is 31.9 Å². The van der Waals surface area contributed by atoms with Crippen LogP contribution in [0.15, 0.2) is 48.5 Å². The van der Waals surface area contributed by atoms with E-state index in [9.17, 15) is 9.59 Å². The molecule has 0 aromatic heterocycles. The lowest BCUT2D eigenvalue weighted by Crippen LogP contribution is -1.99. The Morgan fingerprint density at radius 1 is 1.14 bits per heavy atom. The number of rotatable bonds is 6. The van der Waals surface area contributed by atoms with Crippen molar-refractivity contribution in [1.82, 2.24) is 0 Å². The Labute approximate surface area is 139 Å². The van der Waals surface area contributed by atoms with E-state index in [1.165, 1.54) is 0 Å². The zero-order valence-electron chi connectivity index (χ0n) is 11.0. The first-order valence-corrected chi connectivity index (χ1v) is 8.24. The Kier molecular flexibility index (Phi) is 5.70. The molecule has 0 bridgehead atoms. The van der Waals surface area contributed by atoms with E-state index >= 15 is 0 Å². The van der Waals surface area contributed by atoms with Gasteiger partial charge in [0.2, 0.25) is 0 Å². The van der Waals surface area contributed by atoms with Crippen LogP contribution < -0.4 is 4.74 Å². The topological polar surface area (TPSA) is 43.4 Å². The van der Waals surface area contributed by atoms with Crippen molar-refractivity contribution in [3.63, 3.8) is 0 Å². The lowest BCUT2D eigenvalue weighted by Gasteiger charge is -2.09. The molecule has 0 fully saturated rings. The van der Waals surface area contributed by atoms with E-state index in [1.807, 2.05) is 18.2 Å². The summed E-state index contributed by atoms with van der Waals surface area (Å²) in [4.78, 5) is 21.9. The van der Waals surface area contributed by atoms with Crippen LogP contribution in [0.5, 0.6) is 11.5 Å². The lowest BCUT2D eigenvalue weighted by atomic mass is 10.1. The normalized spacial score (nSPS) is 11.7. The van der Waals surface area contributed by atoms with E-state index in [2.05, 4.69) is 31.9 Å². The average molecular weight is 412 g/mol. The number of alkyl halides is 2. The molecule has 0 spiro atoms. The van der Waals surface area contributed by atoms with Crippen molar-refractivity contribution in [3.8, 4) is 11.5 Å². The van der Waals surface area contributed by atoms with E-state index in [1.54, 1.807) is 30.3 Å². The third-order valence-corrected chi connectivity index (χ3v) is 4.08. The number of hydrogen-bond donors (Lipinski definition) is 0. The van der Waals surface area contributed by atoms with Crippen molar-refractivity contribution in [2.24, 2.45) is 0 Å². The lowest BCUT2D eigenvalue weighted by molar-refractivity contribution is -0.107. The number of carbonyl (C=O) groups is 2. The Bertz CT molecular complexity index is 638. The van der Waals surface area contributed by atoms with Crippen molar-refractivity contribution in [1.29, 1.82) is 0 Å². The molecule has 2 aromatic rings. The summed E-state index contributed by atoms with van der Waals surface area (Å²) in [5.74, 6) is 1.30. The Balaban J connectivity index is 2.14. The quantitative estimate of drug-likeness (QED) is 0.393. The van der Waals surface area contributed by atoms with Crippen LogP contribution in [0.25, 0.3) is 0 Å². The van der Waals surface area contributed by atoms with Crippen LogP contribution in [0.3, 0.4) is 0 Å². The minimum atomic E-state index is -0.347. The van der Waals surface area contributed by atoms with Gasteiger partial charge < -0.3 is 9.53 Å². The molecule has 2 rings (SSSR count). The molecule has 0 N–H and O–H groups in total. The van der Waals surface area contributed by atoms with Gasteiger partial charge >= 0.3 is 0 Å². The van der Waals surface area contributed by atoms with Gasteiger partial charge in [0.15, 0.2) is 5.78 Å². The molecule has 0 saturated carbocycles. The van der Waals surface area contributed by atoms with Crippen molar-refractivity contribution in [3.05, 3.63) is 59.7 Å². The molecule has 3 nitrogen and oxygen atoms in total. The van der Waals surface area contributed by atoms with Gasteiger partial charge in [0.1, 0.15) is 17.8 Å². The molecular formula is C16H12Br2O3. The highest BCUT2D eigenvalue weighted by Gasteiger charge is 2.08. The van der Waals surface area contributed by atoms with E-state index in [4.69, 9.17) is 4.74 Å². The summed E-state index contributed by atoms with van der Waals surface area (Å²) in [6, 6.07) is 14.2. The standard InChI is InChI=1S/C16H12Br2O3/c17-9-16(20)11-4-6-13(7-5-11)21-14-3-1-2-12(8-14)15(18)10-19/h1-8,10,15H,9H2. The summed E-state index contributed by atoms with van der Waals surface area (Å²) in [5.41, 5.74) is 1.46. The third kappa shape index (κ3) is 4.25. The van der Waals surface area contributed by atoms with Gasteiger partial charge in [-0.25, -0.2) is 0 Å². The number of ether oxygens (including phenoxy) is 1. The van der Waals surface area contributed by atoms with Gasteiger partial charge in [-0.3, -0.25) is 4.79 Å². The molecule has 5 heteroatoms. The highest BCUT2D eigenvalue weighted by Crippen LogP contribution is 2.27. The molecule has 2 aromatic carbocycles. The van der Waals surface area contributed by atoms with Gasteiger partial charge in [0, 0.05) is 5.56 Å². The molecule has 0 aliphatic carbocycles. The molecule has 0 aliphatic rings. The molecule has 0 saturated heterocycles. The van der Waals surface area contributed by atoms with Crippen molar-refractivity contribution in [2.75, 3.05) is 5.33 Å². The fourth-order valence-corrected chi connectivity index (χ4v) is 2.36. The Morgan fingerprint density at radius 2 is 1.86 bits per heavy atom. The smallest absolute Gasteiger partial charge is 0.173 e. The molecule has 108 valence electrons. The van der Waals surface area contributed by atoms with Crippen LogP contribution in [0, 0.1) is 0 Å². The highest BCUT2D eigenvalue weighted by atomic mass is 79.9. The monoisotopic (exact) mass is 410 g/mol. The minimum absolute atomic E-state index is 0.0247. The second kappa shape index (κ2) is 7.52. The maximum atomic E-state index is 11.5. The van der Waals surface area contributed by atoms with Crippen LogP contribution in [0.2, 0.25) is 0 Å². The van der Waals surface area contributed by atoms with Gasteiger partial charge in [-0.05, 0) is 42.0 Å². The van der Waals surface area contributed by atoms with Gasteiger partial charge in [0.05, 0.1) is 10.2 Å². The summed E-state index contributed by atoms with van der Waals surface area (Å²) >= 11 is 6.41. The first-order valence-electron chi connectivity index (χ1n) is 6.20. The fraction of sp³-hybridized carbons (Fsp3) is 0.125. The van der Waals surface area contributed by atoms with Crippen LogP contribution in [-0.4, -0.2) is 17.4 Å². The maximum absolute atomic E-state index is 11.5. The summed E-state index contributed by atoms with van der Waals surface area (Å²) < 4.78 is 5.72. The third-order valence-electron chi connectivity index (χ3n) is 2.83. The van der Waals surface area contributed by atoms with Crippen molar-refractivity contribution < 1.29 is 14.3 Å². The first-order chi connectivity index (χ1) is 10.1. The maximum Gasteiger partial charge on any atom is 0.173 e. The molecular weight excluding hydrogens is 400 g/mol. The van der Waals surface area contributed by atoms with Crippen LogP contribution in [0.4, 0.5) is 0 Å². The SMILES string of the molecule is O=CC(Br)c1cccc(Oc2ccc(C(=O)CBr)cc2)c1. The van der Waals surface area contributed by atoms with Gasteiger partial charge in [-0.2, -0.15) is 0 Å². The molecule has 0 aliphatic heterocycles. The van der Waals surface area contributed by atoms with Gasteiger partial charge in [0.25, 0.3) is 0 Å². The Morgan fingerprint density at radius 3 is 2.48 bits per heavy atom. The van der Waals surface area contributed by atoms with E-state index in [-0.39, 0.29) is 10.6 Å². The molecule has 21 heavy (non-hydrogen) atoms. The highest BCUT2D eigenvalue weighted by molar-refractivity contribution is 9.09. The molecule has 1 atom stereocenters. The zero-order valence-corrected chi connectivity index (χ0v) is 14.1. The number of ketones is 1. The first kappa shape index (κ1) is 15.9. The minimum Gasteiger partial charge on any atom is -0.457 e. The van der Waals surface area contributed by atoms with E-state index in [0.717, 1.165) is 11.8 Å². The number of benzene rings is 2.